The van der Waals surface area contributed by atoms with Crippen molar-refractivity contribution in [3.05, 3.63) is 40.9 Å². The summed E-state index contributed by atoms with van der Waals surface area (Å²) < 4.78 is 27.0. The highest BCUT2D eigenvalue weighted by molar-refractivity contribution is 7.89. The van der Waals surface area contributed by atoms with Crippen LogP contribution >= 0.6 is 11.3 Å². The van der Waals surface area contributed by atoms with E-state index in [4.69, 9.17) is 0 Å². The average Bonchev–Trinajstić information content (AvgIpc) is 2.85. The highest BCUT2D eigenvalue weighted by Gasteiger charge is 2.25. The first kappa shape index (κ1) is 18.0. The van der Waals surface area contributed by atoms with E-state index in [-0.39, 0.29) is 10.8 Å². The van der Waals surface area contributed by atoms with Gasteiger partial charge in [0.25, 0.3) is 5.91 Å². The summed E-state index contributed by atoms with van der Waals surface area (Å²) in [6.07, 6.45) is 5.62. The van der Waals surface area contributed by atoms with Gasteiger partial charge in [0.1, 0.15) is 0 Å². The average molecular weight is 380 g/mol. The van der Waals surface area contributed by atoms with E-state index in [1.165, 1.54) is 23.5 Å². The van der Waals surface area contributed by atoms with E-state index in [2.05, 4.69) is 10.3 Å². The topological polar surface area (TPSA) is 79.4 Å². The Hall–Kier alpha value is -1.77. The molecule has 0 bridgehead atoms. The number of rotatable bonds is 4. The number of nitrogens with one attached hydrogen (secondary N) is 1. The van der Waals surface area contributed by atoms with E-state index >= 15 is 0 Å². The van der Waals surface area contributed by atoms with E-state index in [0.717, 1.165) is 30.6 Å². The number of thiazole rings is 1. The maximum Gasteiger partial charge on any atom is 0.257 e. The van der Waals surface area contributed by atoms with Gasteiger partial charge in [-0.1, -0.05) is 12.8 Å². The monoisotopic (exact) mass is 379 g/mol. The number of nitrogens with zero attached hydrogens (tertiary/aromatic N) is 2. The van der Waals surface area contributed by atoms with Crippen LogP contribution in [-0.4, -0.2) is 36.7 Å². The van der Waals surface area contributed by atoms with Crippen LogP contribution in [0, 0.1) is 6.92 Å². The molecule has 25 heavy (non-hydrogen) atoms. The molecule has 6 nitrogen and oxygen atoms in total. The van der Waals surface area contributed by atoms with Gasteiger partial charge in [-0.05, 0) is 44.0 Å². The minimum absolute atomic E-state index is 0.232. The summed E-state index contributed by atoms with van der Waals surface area (Å²) in [6.45, 7) is 3.04. The van der Waals surface area contributed by atoms with Gasteiger partial charge in [-0.15, -0.1) is 11.3 Å². The summed E-state index contributed by atoms with van der Waals surface area (Å²) in [6, 6.07) is 6.09. The molecule has 1 aromatic carbocycles. The van der Waals surface area contributed by atoms with Crippen LogP contribution in [0.5, 0.6) is 0 Å². The Kier molecular flexibility index (Phi) is 5.51. The number of anilines is 1. The van der Waals surface area contributed by atoms with Crippen LogP contribution in [0.4, 0.5) is 5.13 Å². The molecule has 1 aromatic heterocycles. The zero-order valence-electron chi connectivity index (χ0n) is 14.1. The Bertz CT molecular complexity index is 836. The summed E-state index contributed by atoms with van der Waals surface area (Å²) in [5.41, 5.74) is 0.405. The number of hydrogen-bond donors (Lipinski definition) is 1. The molecule has 1 N–H and O–H groups in total. The number of carbonyl (C=O) groups is 1. The third-order valence-electron chi connectivity index (χ3n) is 4.16. The van der Waals surface area contributed by atoms with Crippen molar-refractivity contribution in [3.63, 3.8) is 0 Å². The van der Waals surface area contributed by atoms with E-state index in [9.17, 15) is 13.2 Å². The molecule has 3 rings (SSSR count). The Balaban J connectivity index is 1.73. The second-order valence-electron chi connectivity index (χ2n) is 6.07. The van der Waals surface area contributed by atoms with Gasteiger partial charge in [-0.3, -0.25) is 10.1 Å². The second kappa shape index (κ2) is 7.63. The highest BCUT2D eigenvalue weighted by atomic mass is 32.2. The molecular formula is C17H21N3O3S2. The molecule has 0 saturated carbocycles. The van der Waals surface area contributed by atoms with E-state index in [1.807, 2.05) is 6.92 Å². The maximum absolute atomic E-state index is 12.7. The number of sulfonamides is 1. The number of aromatic nitrogens is 1. The fraction of sp³-hybridized carbons (Fsp3) is 0.412. The quantitative estimate of drug-likeness (QED) is 0.884. The molecule has 1 fully saturated rings. The molecule has 0 aliphatic carbocycles. The second-order valence-corrected chi connectivity index (χ2v) is 9.25. The van der Waals surface area contributed by atoms with E-state index < -0.39 is 10.0 Å². The number of aryl methyl sites for hydroxylation is 1. The van der Waals surface area contributed by atoms with Crippen LogP contribution in [0.25, 0.3) is 0 Å². The predicted molar refractivity (Wildman–Crippen MR) is 98.5 cm³/mol. The van der Waals surface area contributed by atoms with Crippen LogP contribution < -0.4 is 5.32 Å². The molecule has 8 heteroatoms. The van der Waals surface area contributed by atoms with Crippen LogP contribution in [0.1, 0.15) is 40.9 Å². The van der Waals surface area contributed by atoms with E-state index in [1.54, 1.807) is 22.6 Å². The van der Waals surface area contributed by atoms with Crippen LogP contribution in [0.2, 0.25) is 0 Å². The van der Waals surface area contributed by atoms with Gasteiger partial charge < -0.3 is 0 Å². The van der Waals surface area contributed by atoms with E-state index in [0.29, 0.717) is 23.8 Å². The summed E-state index contributed by atoms with van der Waals surface area (Å²) >= 11 is 1.39. The first-order valence-corrected chi connectivity index (χ1v) is 10.6. The van der Waals surface area contributed by atoms with Gasteiger partial charge in [-0.2, -0.15) is 4.31 Å². The maximum atomic E-state index is 12.7. The molecule has 1 saturated heterocycles. The fourth-order valence-electron chi connectivity index (χ4n) is 2.79. The molecule has 0 spiro atoms. The summed E-state index contributed by atoms with van der Waals surface area (Å²) in [5, 5.41) is 3.25. The van der Waals surface area contributed by atoms with Crippen LogP contribution in [0.3, 0.4) is 0 Å². The molecule has 134 valence electrons. The van der Waals surface area contributed by atoms with Crippen LogP contribution in [-0.2, 0) is 10.0 Å². The number of hydrogen-bond acceptors (Lipinski definition) is 5. The zero-order valence-corrected chi connectivity index (χ0v) is 15.7. The van der Waals surface area contributed by atoms with Crippen molar-refractivity contribution in [2.24, 2.45) is 0 Å². The molecule has 0 unspecified atom stereocenters. The normalized spacial score (nSPS) is 16.4. The summed E-state index contributed by atoms with van der Waals surface area (Å²) in [4.78, 5) is 17.6. The first-order valence-electron chi connectivity index (χ1n) is 8.31. The molecule has 0 radical (unpaired) electrons. The smallest absolute Gasteiger partial charge is 0.257 e. The Labute approximate surface area is 151 Å². The Morgan fingerprint density at radius 1 is 1.12 bits per heavy atom. The first-order chi connectivity index (χ1) is 12.0. The largest absolute Gasteiger partial charge is 0.298 e. The molecule has 1 aliphatic rings. The van der Waals surface area contributed by atoms with Crippen molar-refractivity contribution >= 4 is 32.4 Å². The van der Waals surface area contributed by atoms with Gasteiger partial charge in [0.2, 0.25) is 10.0 Å². The van der Waals surface area contributed by atoms with Crippen molar-refractivity contribution in [2.45, 2.75) is 37.5 Å². The molecule has 2 heterocycles. The Morgan fingerprint density at radius 2 is 1.76 bits per heavy atom. The highest BCUT2D eigenvalue weighted by Crippen LogP contribution is 2.21. The van der Waals surface area contributed by atoms with Gasteiger partial charge in [0, 0.05) is 29.7 Å². The molecular weight excluding hydrogens is 358 g/mol. The van der Waals surface area contributed by atoms with Gasteiger partial charge in [0.15, 0.2) is 5.13 Å². The summed E-state index contributed by atoms with van der Waals surface area (Å²) in [5.74, 6) is -0.298. The zero-order chi connectivity index (χ0) is 17.9. The lowest BCUT2D eigenvalue weighted by molar-refractivity contribution is 0.102. The standard InChI is InChI=1S/C17H21N3O3S2/c1-13-12-18-17(24-13)19-16(21)14-6-8-15(9-7-14)25(22,23)20-10-4-2-3-5-11-20/h6-9,12H,2-5,10-11H2,1H3,(H,18,19,21). The molecule has 1 amide bonds. The summed E-state index contributed by atoms with van der Waals surface area (Å²) in [7, 11) is -3.49. The van der Waals surface area contributed by atoms with Gasteiger partial charge in [-0.25, -0.2) is 13.4 Å². The van der Waals surface area contributed by atoms with Gasteiger partial charge in [0.05, 0.1) is 4.90 Å². The predicted octanol–water partition coefficient (Wildman–Crippen LogP) is 3.27. The molecule has 2 aromatic rings. The molecule has 1 aliphatic heterocycles. The van der Waals surface area contributed by atoms with Crippen LogP contribution in [0.15, 0.2) is 35.4 Å². The van der Waals surface area contributed by atoms with Gasteiger partial charge >= 0.3 is 0 Å². The van der Waals surface area contributed by atoms with Crippen molar-refractivity contribution in [1.82, 2.24) is 9.29 Å². The lowest BCUT2D eigenvalue weighted by atomic mass is 10.2. The minimum Gasteiger partial charge on any atom is -0.298 e. The number of carbonyl (C=O) groups excluding carboxylic acids is 1. The third kappa shape index (κ3) is 4.26. The minimum atomic E-state index is -3.49. The third-order valence-corrected chi connectivity index (χ3v) is 6.90. The van der Waals surface area contributed by atoms with Crippen molar-refractivity contribution < 1.29 is 13.2 Å². The molecule has 0 atom stereocenters. The van der Waals surface area contributed by atoms with Crippen molar-refractivity contribution in [1.29, 1.82) is 0 Å². The lowest BCUT2D eigenvalue weighted by Crippen LogP contribution is -2.31. The SMILES string of the molecule is Cc1cnc(NC(=O)c2ccc(S(=O)(=O)N3CCCCCC3)cc2)s1. The fourth-order valence-corrected chi connectivity index (χ4v) is 4.97. The lowest BCUT2D eigenvalue weighted by Gasteiger charge is -2.20. The van der Waals surface area contributed by atoms with Crippen molar-refractivity contribution in [2.75, 3.05) is 18.4 Å². The number of amides is 1. The number of benzene rings is 1. The van der Waals surface area contributed by atoms with Crippen molar-refractivity contribution in [3.8, 4) is 0 Å². The Morgan fingerprint density at radius 3 is 2.32 bits per heavy atom.